The Morgan fingerprint density at radius 1 is 0.958 bits per heavy atom. The van der Waals surface area contributed by atoms with Gasteiger partial charge in [-0.15, -0.1) is 0 Å². The van der Waals surface area contributed by atoms with Gasteiger partial charge in [0, 0.05) is 29.8 Å². The van der Waals surface area contributed by atoms with Crippen molar-refractivity contribution in [2.75, 3.05) is 13.1 Å². The van der Waals surface area contributed by atoms with E-state index in [-0.39, 0.29) is 5.91 Å². The third-order valence-electron chi connectivity index (χ3n) is 4.38. The Morgan fingerprint density at radius 2 is 1.50 bits per heavy atom. The molecule has 24 heavy (non-hydrogen) atoms. The number of rotatable bonds is 1. The summed E-state index contributed by atoms with van der Waals surface area (Å²) < 4.78 is 0. The molecule has 3 nitrogen and oxygen atoms in total. The summed E-state index contributed by atoms with van der Waals surface area (Å²) in [7, 11) is 0. The molecule has 1 aliphatic heterocycles. The number of aliphatic hydroxyl groups is 1. The normalized spacial score (nSPS) is 16.2. The van der Waals surface area contributed by atoms with E-state index in [9.17, 15) is 9.90 Å². The molecule has 1 N–H and O–H groups in total. The fraction of sp³-hybridized carbons (Fsp3) is 0.286. The van der Waals surface area contributed by atoms with Crippen molar-refractivity contribution < 1.29 is 9.90 Å². The first-order chi connectivity index (χ1) is 11.5. The van der Waals surface area contributed by atoms with Crippen LogP contribution in [-0.2, 0) is 0 Å². The maximum absolute atomic E-state index is 12.5. The van der Waals surface area contributed by atoms with Gasteiger partial charge >= 0.3 is 0 Å². The molecule has 2 aromatic rings. The van der Waals surface area contributed by atoms with E-state index in [0.29, 0.717) is 31.5 Å². The maximum Gasteiger partial charge on any atom is 0.253 e. The Bertz CT molecular complexity index is 757. The SMILES string of the molecule is CC1(O)CCN(C(=O)c2ccc(C#Cc3ccccc3)cc2)CC1. The van der Waals surface area contributed by atoms with Crippen LogP contribution in [0.3, 0.4) is 0 Å². The second-order valence-electron chi connectivity index (χ2n) is 6.48. The molecular weight excluding hydrogens is 298 g/mol. The Hall–Kier alpha value is -2.57. The minimum absolute atomic E-state index is 0.0214. The molecule has 1 amide bonds. The molecule has 1 saturated heterocycles. The van der Waals surface area contributed by atoms with Crippen LogP contribution in [0.5, 0.6) is 0 Å². The molecule has 3 heteroatoms. The lowest BCUT2D eigenvalue weighted by Gasteiger charge is -2.35. The summed E-state index contributed by atoms with van der Waals surface area (Å²) in [5, 5.41) is 9.98. The van der Waals surface area contributed by atoms with E-state index in [1.165, 1.54) is 0 Å². The summed E-state index contributed by atoms with van der Waals surface area (Å²) in [5.74, 6) is 6.24. The highest BCUT2D eigenvalue weighted by Crippen LogP contribution is 2.22. The molecule has 0 bridgehead atoms. The van der Waals surface area contributed by atoms with Crippen LogP contribution in [0.15, 0.2) is 54.6 Å². The van der Waals surface area contributed by atoms with E-state index in [2.05, 4.69) is 11.8 Å². The Balaban J connectivity index is 1.66. The van der Waals surface area contributed by atoms with Crippen LogP contribution in [0, 0.1) is 11.8 Å². The van der Waals surface area contributed by atoms with Gasteiger partial charge < -0.3 is 10.0 Å². The predicted molar refractivity (Wildman–Crippen MR) is 94.6 cm³/mol. The lowest BCUT2D eigenvalue weighted by Crippen LogP contribution is -2.45. The van der Waals surface area contributed by atoms with Crippen LogP contribution >= 0.6 is 0 Å². The minimum Gasteiger partial charge on any atom is -0.390 e. The highest BCUT2D eigenvalue weighted by molar-refractivity contribution is 5.94. The molecule has 0 atom stereocenters. The van der Waals surface area contributed by atoms with Crippen molar-refractivity contribution in [2.24, 2.45) is 0 Å². The van der Waals surface area contributed by atoms with E-state index >= 15 is 0 Å². The van der Waals surface area contributed by atoms with Gasteiger partial charge in [-0.1, -0.05) is 30.0 Å². The van der Waals surface area contributed by atoms with Crippen molar-refractivity contribution in [3.05, 3.63) is 71.3 Å². The smallest absolute Gasteiger partial charge is 0.253 e. The number of carbonyl (C=O) groups excluding carboxylic acids is 1. The summed E-state index contributed by atoms with van der Waals surface area (Å²) in [6, 6.07) is 17.2. The van der Waals surface area contributed by atoms with Gasteiger partial charge in [0.2, 0.25) is 0 Å². The zero-order chi connectivity index (χ0) is 17.0. The zero-order valence-corrected chi connectivity index (χ0v) is 13.8. The average molecular weight is 319 g/mol. The molecule has 3 rings (SSSR count). The highest BCUT2D eigenvalue weighted by atomic mass is 16.3. The molecule has 0 unspecified atom stereocenters. The molecule has 122 valence electrons. The second-order valence-corrected chi connectivity index (χ2v) is 6.48. The molecule has 0 aliphatic carbocycles. The van der Waals surface area contributed by atoms with E-state index in [1.807, 2.05) is 66.4 Å². The Labute approximate surface area is 142 Å². The number of carbonyl (C=O) groups is 1. The molecule has 0 aromatic heterocycles. The number of piperidine rings is 1. The van der Waals surface area contributed by atoms with Gasteiger partial charge in [-0.3, -0.25) is 4.79 Å². The summed E-state index contributed by atoms with van der Waals surface area (Å²) in [5.41, 5.74) is 1.88. The number of hydrogen-bond donors (Lipinski definition) is 1. The molecule has 2 aromatic carbocycles. The average Bonchev–Trinajstić information content (AvgIpc) is 2.61. The molecule has 0 saturated carbocycles. The van der Waals surface area contributed by atoms with E-state index in [1.54, 1.807) is 0 Å². The summed E-state index contributed by atoms with van der Waals surface area (Å²) in [6.45, 7) is 3.03. The lowest BCUT2D eigenvalue weighted by molar-refractivity contribution is -0.00202. The van der Waals surface area contributed by atoms with Crippen LogP contribution in [0.1, 0.15) is 41.3 Å². The number of hydrogen-bond acceptors (Lipinski definition) is 2. The van der Waals surface area contributed by atoms with Gasteiger partial charge in [0.25, 0.3) is 5.91 Å². The lowest BCUT2D eigenvalue weighted by atomic mass is 9.93. The third kappa shape index (κ3) is 4.04. The molecule has 1 heterocycles. The summed E-state index contributed by atoms with van der Waals surface area (Å²) >= 11 is 0. The van der Waals surface area contributed by atoms with Gasteiger partial charge in [0.05, 0.1) is 5.60 Å². The molecular formula is C21H21NO2. The first-order valence-corrected chi connectivity index (χ1v) is 8.22. The fourth-order valence-corrected chi connectivity index (χ4v) is 2.74. The van der Waals surface area contributed by atoms with Crippen molar-refractivity contribution >= 4 is 5.91 Å². The van der Waals surface area contributed by atoms with Crippen molar-refractivity contribution in [1.29, 1.82) is 0 Å². The Kier molecular flexibility index (Phi) is 4.69. The maximum atomic E-state index is 12.5. The van der Waals surface area contributed by atoms with Crippen LogP contribution in [-0.4, -0.2) is 34.6 Å². The van der Waals surface area contributed by atoms with E-state index < -0.39 is 5.60 Å². The van der Waals surface area contributed by atoms with Gasteiger partial charge in [-0.25, -0.2) is 0 Å². The van der Waals surface area contributed by atoms with Crippen LogP contribution in [0.4, 0.5) is 0 Å². The number of nitrogens with zero attached hydrogens (tertiary/aromatic N) is 1. The van der Waals surface area contributed by atoms with Gasteiger partial charge in [0.15, 0.2) is 0 Å². The van der Waals surface area contributed by atoms with Crippen molar-refractivity contribution in [1.82, 2.24) is 4.90 Å². The summed E-state index contributed by atoms with van der Waals surface area (Å²) in [4.78, 5) is 14.3. The van der Waals surface area contributed by atoms with Gasteiger partial charge in [-0.2, -0.15) is 0 Å². The van der Waals surface area contributed by atoms with Gasteiger partial charge in [0.1, 0.15) is 0 Å². The molecule has 1 aliphatic rings. The predicted octanol–water partition coefficient (Wildman–Crippen LogP) is 3.07. The number of likely N-dealkylation sites (tertiary alicyclic amines) is 1. The largest absolute Gasteiger partial charge is 0.390 e. The second kappa shape index (κ2) is 6.90. The highest BCUT2D eigenvalue weighted by Gasteiger charge is 2.29. The number of amides is 1. The standard InChI is InChI=1S/C21H21NO2/c1-21(24)13-15-22(16-14-21)20(23)19-11-9-18(10-12-19)8-7-17-5-3-2-4-6-17/h2-6,9-12,24H,13-16H2,1H3. The first kappa shape index (κ1) is 16.3. The van der Waals surface area contributed by atoms with E-state index in [4.69, 9.17) is 0 Å². The monoisotopic (exact) mass is 319 g/mol. The minimum atomic E-state index is -0.645. The van der Waals surface area contributed by atoms with Crippen LogP contribution in [0.2, 0.25) is 0 Å². The summed E-state index contributed by atoms with van der Waals surface area (Å²) in [6.07, 6.45) is 1.25. The van der Waals surface area contributed by atoms with Crippen molar-refractivity contribution in [3.8, 4) is 11.8 Å². The number of benzene rings is 2. The van der Waals surface area contributed by atoms with Crippen LogP contribution in [0.25, 0.3) is 0 Å². The van der Waals surface area contributed by atoms with Crippen molar-refractivity contribution in [2.45, 2.75) is 25.4 Å². The first-order valence-electron chi connectivity index (χ1n) is 8.22. The molecule has 0 radical (unpaired) electrons. The van der Waals surface area contributed by atoms with Crippen molar-refractivity contribution in [3.63, 3.8) is 0 Å². The fourth-order valence-electron chi connectivity index (χ4n) is 2.74. The Morgan fingerprint density at radius 3 is 2.08 bits per heavy atom. The van der Waals surface area contributed by atoms with Crippen LogP contribution < -0.4 is 0 Å². The quantitative estimate of drug-likeness (QED) is 0.821. The van der Waals surface area contributed by atoms with E-state index in [0.717, 1.165) is 11.1 Å². The zero-order valence-electron chi connectivity index (χ0n) is 13.8. The van der Waals surface area contributed by atoms with Gasteiger partial charge in [-0.05, 0) is 56.2 Å². The third-order valence-corrected chi connectivity index (χ3v) is 4.38. The molecule has 1 fully saturated rings. The topological polar surface area (TPSA) is 40.5 Å². The molecule has 0 spiro atoms.